The highest BCUT2D eigenvalue weighted by Gasteiger charge is 2.22. The molecular weight excluding hydrogens is 530 g/mol. The van der Waals surface area contributed by atoms with Gasteiger partial charge < -0.3 is 9.30 Å². The number of ether oxygens (including phenoxy) is 1. The molecule has 0 fully saturated rings. The van der Waals surface area contributed by atoms with Gasteiger partial charge in [0.25, 0.3) is 5.56 Å². The van der Waals surface area contributed by atoms with Gasteiger partial charge in [-0.2, -0.15) is 0 Å². The molecule has 2 aromatic carbocycles. The van der Waals surface area contributed by atoms with E-state index in [9.17, 15) is 9.59 Å². The van der Waals surface area contributed by atoms with E-state index in [-0.39, 0.29) is 17.3 Å². The summed E-state index contributed by atoms with van der Waals surface area (Å²) < 4.78 is 9.32. The third-order valence-electron chi connectivity index (χ3n) is 7.24. The molecule has 0 unspecified atom stereocenters. The summed E-state index contributed by atoms with van der Waals surface area (Å²) in [5.74, 6) is -0.265. The minimum absolute atomic E-state index is 0.0687. The van der Waals surface area contributed by atoms with E-state index in [0.29, 0.717) is 16.2 Å². The third-order valence-corrected chi connectivity index (χ3v) is 8.15. The van der Waals surface area contributed by atoms with Crippen molar-refractivity contribution >= 4 is 39.7 Å². The number of benzene rings is 2. The third kappa shape index (κ3) is 8.25. The molecule has 6 nitrogen and oxygen atoms in total. The smallest absolute Gasteiger partial charge is 0.316 e. The fourth-order valence-corrected chi connectivity index (χ4v) is 6.12. The number of fused-ring (bicyclic) bond motifs is 3. The maximum atomic E-state index is 14.3. The van der Waals surface area contributed by atoms with E-state index >= 15 is 0 Å². The first kappa shape index (κ1) is 30.9. The van der Waals surface area contributed by atoms with Crippen molar-refractivity contribution in [3.05, 3.63) is 65.0 Å². The molecule has 4 rings (SSSR count). The van der Waals surface area contributed by atoms with Gasteiger partial charge in [0.05, 0.1) is 17.0 Å². The van der Waals surface area contributed by atoms with Crippen LogP contribution < -0.4 is 5.56 Å². The minimum Gasteiger partial charge on any atom is -0.459 e. The average molecular weight is 576 g/mol. The number of rotatable bonds is 15. The molecule has 0 aliphatic heterocycles. The standard InChI is InChI=1S/C34H45N3O3S/c1-5-6-7-8-9-10-11-12-13-19-24-36-28-23-18-17-22-27(28)30-31(36)32(39)37(26-20-15-14-16-21-26)33(35-30)41-25-29(38)40-34(2,3)4/h14-18,20-23H,5-13,19,24-25H2,1-4H3. The molecule has 0 atom stereocenters. The number of aromatic nitrogens is 3. The lowest BCUT2D eigenvalue weighted by molar-refractivity contribution is -0.151. The maximum Gasteiger partial charge on any atom is 0.316 e. The number of carbonyl (C=O) groups is 1. The molecule has 7 heteroatoms. The van der Waals surface area contributed by atoms with E-state index in [2.05, 4.69) is 17.6 Å². The van der Waals surface area contributed by atoms with Crippen molar-refractivity contribution in [2.45, 2.75) is 109 Å². The molecule has 0 radical (unpaired) electrons. The van der Waals surface area contributed by atoms with Crippen LogP contribution in [0.1, 0.15) is 91.9 Å². The van der Waals surface area contributed by atoms with Crippen LogP contribution in [0, 0.1) is 0 Å². The van der Waals surface area contributed by atoms with Crippen molar-refractivity contribution in [2.24, 2.45) is 0 Å². The largest absolute Gasteiger partial charge is 0.459 e. The van der Waals surface area contributed by atoms with Crippen LogP contribution in [0.25, 0.3) is 27.6 Å². The molecule has 2 aromatic heterocycles. The first-order valence-corrected chi connectivity index (χ1v) is 16.2. The number of thioether (sulfide) groups is 1. The molecule has 0 bridgehead atoms. The molecule has 0 spiro atoms. The highest BCUT2D eigenvalue weighted by molar-refractivity contribution is 7.99. The molecule has 0 amide bonds. The van der Waals surface area contributed by atoms with Crippen LogP contribution in [-0.2, 0) is 16.1 Å². The van der Waals surface area contributed by atoms with Gasteiger partial charge in [-0.15, -0.1) is 0 Å². The first-order valence-electron chi connectivity index (χ1n) is 15.2. The molecule has 0 aliphatic rings. The Morgan fingerprint density at radius 1 is 0.854 bits per heavy atom. The van der Waals surface area contributed by atoms with Crippen LogP contribution in [0.3, 0.4) is 0 Å². The second kappa shape index (κ2) is 14.7. The molecule has 0 saturated carbocycles. The van der Waals surface area contributed by atoms with Crippen molar-refractivity contribution in [2.75, 3.05) is 5.75 Å². The van der Waals surface area contributed by atoms with Gasteiger partial charge in [-0.25, -0.2) is 4.98 Å². The van der Waals surface area contributed by atoms with E-state index < -0.39 is 5.60 Å². The summed E-state index contributed by atoms with van der Waals surface area (Å²) in [5, 5.41) is 1.45. The summed E-state index contributed by atoms with van der Waals surface area (Å²) in [5.41, 5.74) is 2.38. The van der Waals surface area contributed by atoms with Gasteiger partial charge in [-0.05, 0) is 45.4 Å². The van der Waals surface area contributed by atoms with Gasteiger partial charge in [-0.3, -0.25) is 14.2 Å². The van der Waals surface area contributed by atoms with Crippen LogP contribution in [0.15, 0.2) is 64.5 Å². The summed E-state index contributed by atoms with van der Waals surface area (Å²) in [6, 6.07) is 17.7. The Bertz CT molecular complexity index is 1480. The van der Waals surface area contributed by atoms with Gasteiger partial charge >= 0.3 is 5.97 Å². The second-order valence-corrected chi connectivity index (χ2v) is 12.7. The summed E-state index contributed by atoms with van der Waals surface area (Å²) in [6.45, 7) is 8.58. The van der Waals surface area contributed by atoms with Gasteiger partial charge in [0, 0.05) is 11.9 Å². The van der Waals surface area contributed by atoms with Gasteiger partial charge in [0.2, 0.25) is 0 Å². The van der Waals surface area contributed by atoms with Crippen LogP contribution in [0.4, 0.5) is 0 Å². The molecular formula is C34H45N3O3S. The first-order chi connectivity index (χ1) is 19.8. The van der Waals surface area contributed by atoms with E-state index in [4.69, 9.17) is 9.72 Å². The fraction of sp³-hybridized carbons (Fsp3) is 0.500. The van der Waals surface area contributed by atoms with Crippen LogP contribution in [0.5, 0.6) is 0 Å². The molecule has 220 valence electrons. The Kier molecular flexibility index (Phi) is 11.1. The number of nitrogens with zero attached hydrogens (tertiary/aromatic N) is 3. The quantitative estimate of drug-likeness (QED) is 0.0614. The van der Waals surface area contributed by atoms with E-state index in [1.165, 1.54) is 63.1 Å². The zero-order chi connectivity index (χ0) is 29.2. The van der Waals surface area contributed by atoms with E-state index in [1.54, 1.807) is 4.57 Å². The normalized spacial score (nSPS) is 11.9. The zero-order valence-electron chi connectivity index (χ0n) is 25.2. The molecule has 0 N–H and O–H groups in total. The summed E-state index contributed by atoms with van der Waals surface area (Å²) >= 11 is 1.24. The number of esters is 1. The Hall–Kier alpha value is -3.06. The highest BCUT2D eigenvalue weighted by Crippen LogP contribution is 2.30. The van der Waals surface area contributed by atoms with Gasteiger partial charge in [-0.1, -0.05) is 113 Å². The lowest BCUT2D eigenvalue weighted by Crippen LogP contribution is -2.26. The Labute approximate surface area is 248 Å². The number of aryl methyl sites for hydroxylation is 1. The van der Waals surface area contributed by atoms with Crippen LogP contribution in [0.2, 0.25) is 0 Å². The predicted octanol–water partition coefficient (Wildman–Crippen LogP) is 8.70. The van der Waals surface area contributed by atoms with E-state index in [1.807, 2.05) is 69.3 Å². The van der Waals surface area contributed by atoms with Crippen LogP contribution >= 0.6 is 11.8 Å². The lowest BCUT2D eigenvalue weighted by Gasteiger charge is -2.19. The molecule has 4 aromatic rings. The SMILES string of the molecule is CCCCCCCCCCCCn1c2ccccc2c2nc(SCC(=O)OC(C)(C)C)n(-c3ccccc3)c(=O)c21. The van der Waals surface area contributed by atoms with E-state index in [0.717, 1.165) is 36.0 Å². The lowest BCUT2D eigenvalue weighted by atomic mass is 10.1. The monoisotopic (exact) mass is 575 g/mol. The average Bonchev–Trinajstić information content (AvgIpc) is 3.26. The molecule has 0 aliphatic carbocycles. The van der Waals surface area contributed by atoms with Crippen molar-refractivity contribution in [1.82, 2.24) is 14.1 Å². The fourth-order valence-electron chi connectivity index (χ4n) is 5.34. The van der Waals surface area contributed by atoms with Gasteiger partial charge in [0.1, 0.15) is 16.6 Å². The summed E-state index contributed by atoms with van der Waals surface area (Å²) in [7, 11) is 0. The maximum absolute atomic E-state index is 14.3. The number of carbonyl (C=O) groups excluding carboxylic acids is 1. The second-order valence-electron chi connectivity index (χ2n) is 11.8. The zero-order valence-corrected chi connectivity index (χ0v) is 26.0. The summed E-state index contributed by atoms with van der Waals surface area (Å²) in [4.78, 5) is 31.8. The highest BCUT2D eigenvalue weighted by atomic mass is 32.2. The number of hydrogen-bond acceptors (Lipinski definition) is 5. The summed E-state index contributed by atoms with van der Waals surface area (Å²) in [6.07, 6.45) is 12.7. The molecule has 2 heterocycles. The number of unbranched alkanes of at least 4 members (excludes halogenated alkanes) is 9. The van der Waals surface area contributed by atoms with Crippen molar-refractivity contribution in [3.63, 3.8) is 0 Å². The van der Waals surface area contributed by atoms with Crippen LogP contribution in [-0.4, -0.2) is 31.4 Å². The van der Waals surface area contributed by atoms with Crippen molar-refractivity contribution < 1.29 is 9.53 Å². The molecule has 0 saturated heterocycles. The predicted molar refractivity (Wildman–Crippen MR) is 171 cm³/mol. The van der Waals surface area contributed by atoms with Crippen molar-refractivity contribution in [1.29, 1.82) is 0 Å². The topological polar surface area (TPSA) is 66.1 Å². The Morgan fingerprint density at radius 2 is 1.46 bits per heavy atom. The number of para-hydroxylation sites is 2. The minimum atomic E-state index is -0.573. The Morgan fingerprint density at radius 3 is 2.12 bits per heavy atom. The Balaban J connectivity index is 1.61. The molecule has 41 heavy (non-hydrogen) atoms. The van der Waals surface area contributed by atoms with Gasteiger partial charge in [0.15, 0.2) is 5.16 Å². The van der Waals surface area contributed by atoms with Crippen molar-refractivity contribution in [3.8, 4) is 5.69 Å². The number of hydrogen-bond donors (Lipinski definition) is 0.